The summed E-state index contributed by atoms with van der Waals surface area (Å²) in [5.41, 5.74) is 3.51. The molecule has 0 spiro atoms. The maximum atomic E-state index is 12.2. The van der Waals surface area contributed by atoms with Gasteiger partial charge in [-0.05, 0) is 68.4 Å². The molecule has 0 amide bonds. The minimum absolute atomic E-state index is 0.0207. The van der Waals surface area contributed by atoms with Gasteiger partial charge >= 0.3 is 5.97 Å². The van der Waals surface area contributed by atoms with E-state index in [0.717, 1.165) is 25.7 Å². The van der Waals surface area contributed by atoms with Gasteiger partial charge in [0.2, 0.25) is 0 Å². The van der Waals surface area contributed by atoms with E-state index in [1.165, 1.54) is 16.9 Å². The van der Waals surface area contributed by atoms with Crippen LogP contribution in [-0.4, -0.2) is 12.1 Å². The number of aryl methyl sites for hydroxylation is 1. The average Bonchev–Trinajstić information content (AvgIpc) is 2.88. The van der Waals surface area contributed by atoms with Crippen LogP contribution in [0.3, 0.4) is 0 Å². The van der Waals surface area contributed by atoms with Crippen LogP contribution < -0.4 is 0 Å². The third-order valence-corrected chi connectivity index (χ3v) is 6.52. The van der Waals surface area contributed by atoms with Crippen LogP contribution in [0.1, 0.15) is 57.4 Å². The van der Waals surface area contributed by atoms with Gasteiger partial charge in [0.05, 0.1) is 6.26 Å². The highest BCUT2D eigenvalue weighted by atomic mass is 16.5. The Morgan fingerprint density at radius 1 is 1.43 bits per heavy atom. The number of hydrogen-bond donors (Lipinski definition) is 0. The number of hydrogen-bond acceptors (Lipinski definition) is 3. The van der Waals surface area contributed by atoms with Gasteiger partial charge in [0.25, 0.3) is 0 Å². The molecule has 1 heterocycles. The molecule has 0 bridgehead atoms. The van der Waals surface area contributed by atoms with Gasteiger partial charge in [-0.15, -0.1) is 0 Å². The third kappa shape index (κ3) is 2.64. The molecule has 0 aliphatic heterocycles. The molecular weight excluding hydrogens is 288 g/mol. The third-order valence-electron chi connectivity index (χ3n) is 6.52. The predicted octanol–water partition coefficient (Wildman–Crippen LogP) is 4.62. The maximum absolute atomic E-state index is 12.2. The zero-order chi connectivity index (χ0) is 16.8. The molecule has 0 aromatic carbocycles. The summed E-state index contributed by atoms with van der Waals surface area (Å²) >= 11 is 0. The molecular formula is C20H28O3. The molecule has 126 valence electrons. The summed E-state index contributed by atoms with van der Waals surface area (Å²) in [5, 5.41) is 0. The Morgan fingerprint density at radius 3 is 2.87 bits per heavy atom. The summed E-state index contributed by atoms with van der Waals surface area (Å²) in [6.45, 7) is 10.5. The Hall–Kier alpha value is -1.51. The molecule has 1 fully saturated rings. The Morgan fingerprint density at radius 2 is 2.17 bits per heavy atom. The van der Waals surface area contributed by atoms with Crippen LogP contribution in [-0.2, 0) is 22.4 Å². The lowest BCUT2D eigenvalue weighted by atomic mass is 9.55. The number of allylic oxidation sites excluding steroid dienone is 1. The van der Waals surface area contributed by atoms with E-state index in [1.54, 1.807) is 0 Å². The van der Waals surface area contributed by atoms with Crippen molar-refractivity contribution in [2.24, 2.45) is 17.3 Å². The van der Waals surface area contributed by atoms with Crippen molar-refractivity contribution >= 4 is 5.97 Å². The van der Waals surface area contributed by atoms with Gasteiger partial charge < -0.3 is 9.15 Å². The van der Waals surface area contributed by atoms with Crippen LogP contribution in [0.2, 0.25) is 0 Å². The minimum Gasteiger partial charge on any atom is -0.469 e. The van der Waals surface area contributed by atoms with Crippen LogP contribution in [0.25, 0.3) is 0 Å². The monoisotopic (exact) mass is 316 g/mol. The van der Waals surface area contributed by atoms with Gasteiger partial charge in [0, 0.05) is 12.0 Å². The van der Waals surface area contributed by atoms with E-state index in [4.69, 9.17) is 9.15 Å². The van der Waals surface area contributed by atoms with Crippen molar-refractivity contribution in [1.29, 1.82) is 0 Å². The molecule has 2 aliphatic rings. The summed E-state index contributed by atoms with van der Waals surface area (Å²) in [4.78, 5) is 12.2. The summed E-state index contributed by atoms with van der Waals surface area (Å²) in [5.74, 6) is 1.99. The fourth-order valence-corrected chi connectivity index (χ4v) is 4.43. The van der Waals surface area contributed by atoms with Crippen LogP contribution in [0.5, 0.6) is 0 Å². The lowest BCUT2D eigenvalue weighted by Gasteiger charge is -2.51. The fraction of sp³-hybridized carbons (Fsp3) is 0.650. The molecule has 4 atom stereocenters. The smallest absolute Gasteiger partial charge is 0.333 e. The Kier molecular flexibility index (Phi) is 4.16. The van der Waals surface area contributed by atoms with Crippen molar-refractivity contribution in [3.8, 4) is 0 Å². The zero-order valence-electron chi connectivity index (χ0n) is 14.9. The standard InChI is InChI=1S/C20H28O3/c1-6-12(2)19(21)23-17-8-7-15-9-18-16(13(3)11-22-18)10-20(15,5)14(17)4/h6,11,14-15,17H,7-10H2,1-5H3. The number of carbonyl (C=O) groups is 1. The molecule has 1 aromatic heterocycles. The van der Waals surface area contributed by atoms with Crippen LogP contribution in [0.4, 0.5) is 0 Å². The first kappa shape index (κ1) is 16.4. The van der Waals surface area contributed by atoms with Crippen molar-refractivity contribution in [3.63, 3.8) is 0 Å². The van der Waals surface area contributed by atoms with Gasteiger partial charge in [-0.2, -0.15) is 0 Å². The second-order valence-electron chi connectivity index (χ2n) is 7.69. The van der Waals surface area contributed by atoms with Gasteiger partial charge in [0.15, 0.2) is 0 Å². The van der Waals surface area contributed by atoms with Crippen LogP contribution in [0.15, 0.2) is 22.3 Å². The summed E-state index contributed by atoms with van der Waals surface area (Å²) < 4.78 is 11.6. The number of furan rings is 1. The molecule has 3 heteroatoms. The average molecular weight is 316 g/mol. The number of esters is 1. The molecule has 3 nitrogen and oxygen atoms in total. The lowest BCUT2D eigenvalue weighted by molar-refractivity contribution is -0.156. The van der Waals surface area contributed by atoms with E-state index in [-0.39, 0.29) is 17.5 Å². The molecule has 1 aromatic rings. The Bertz CT molecular complexity index is 639. The Balaban J connectivity index is 1.82. The summed E-state index contributed by atoms with van der Waals surface area (Å²) in [6, 6.07) is 0. The van der Waals surface area contributed by atoms with E-state index in [2.05, 4.69) is 20.8 Å². The second kappa shape index (κ2) is 5.85. The number of rotatable bonds is 2. The summed E-state index contributed by atoms with van der Waals surface area (Å²) in [6.07, 6.45) is 7.86. The second-order valence-corrected chi connectivity index (χ2v) is 7.69. The molecule has 0 radical (unpaired) electrons. The molecule has 23 heavy (non-hydrogen) atoms. The van der Waals surface area contributed by atoms with Crippen molar-refractivity contribution in [2.45, 2.75) is 66.4 Å². The molecule has 3 rings (SSSR count). The van der Waals surface area contributed by atoms with E-state index < -0.39 is 0 Å². The zero-order valence-corrected chi connectivity index (χ0v) is 14.9. The Labute approximate surface area is 139 Å². The number of carbonyl (C=O) groups excluding carboxylic acids is 1. The minimum atomic E-state index is -0.164. The highest BCUT2D eigenvalue weighted by Gasteiger charge is 2.50. The van der Waals surface area contributed by atoms with Crippen molar-refractivity contribution in [2.75, 3.05) is 0 Å². The fourth-order valence-electron chi connectivity index (χ4n) is 4.43. The van der Waals surface area contributed by atoms with Gasteiger partial charge in [-0.25, -0.2) is 4.79 Å². The molecule has 2 aliphatic carbocycles. The van der Waals surface area contributed by atoms with Crippen molar-refractivity contribution < 1.29 is 13.9 Å². The van der Waals surface area contributed by atoms with E-state index in [9.17, 15) is 4.79 Å². The first-order valence-electron chi connectivity index (χ1n) is 8.76. The van der Waals surface area contributed by atoms with Gasteiger partial charge in [-0.1, -0.05) is 19.9 Å². The van der Waals surface area contributed by atoms with Gasteiger partial charge in [-0.3, -0.25) is 0 Å². The first-order valence-corrected chi connectivity index (χ1v) is 8.76. The van der Waals surface area contributed by atoms with Crippen molar-refractivity contribution in [3.05, 3.63) is 34.8 Å². The topological polar surface area (TPSA) is 39.4 Å². The molecule has 4 unspecified atom stereocenters. The first-order chi connectivity index (χ1) is 10.9. The van der Waals surface area contributed by atoms with Crippen LogP contribution in [0, 0.1) is 24.2 Å². The highest BCUT2D eigenvalue weighted by molar-refractivity contribution is 5.87. The van der Waals surface area contributed by atoms with E-state index in [0.29, 0.717) is 17.4 Å². The summed E-state index contributed by atoms with van der Waals surface area (Å²) in [7, 11) is 0. The van der Waals surface area contributed by atoms with Crippen molar-refractivity contribution in [1.82, 2.24) is 0 Å². The van der Waals surface area contributed by atoms with E-state index in [1.807, 2.05) is 26.2 Å². The SMILES string of the molecule is CC=C(C)C(=O)OC1CCC2Cc3occ(C)c3CC2(C)C1C. The highest BCUT2D eigenvalue weighted by Crippen LogP contribution is 2.53. The van der Waals surface area contributed by atoms with E-state index >= 15 is 0 Å². The van der Waals surface area contributed by atoms with Gasteiger partial charge in [0.1, 0.15) is 11.9 Å². The molecule has 1 saturated carbocycles. The number of fused-ring (bicyclic) bond motifs is 2. The largest absolute Gasteiger partial charge is 0.469 e. The quantitative estimate of drug-likeness (QED) is 0.590. The normalized spacial score (nSPS) is 33.8. The number of ether oxygens (including phenoxy) is 1. The lowest BCUT2D eigenvalue weighted by Crippen LogP contribution is -2.50. The molecule has 0 N–H and O–H groups in total. The maximum Gasteiger partial charge on any atom is 0.333 e. The predicted molar refractivity (Wildman–Crippen MR) is 90.2 cm³/mol. The molecule has 0 saturated heterocycles. The van der Waals surface area contributed by atoms with Crippen LogP contribution >= 0.6 is 0 Å².